The van der Waals surface area contributed by atoms with E-state index in [-0.39, 0.29) is 12.5 Å². The highest BCUT2D eigenvalue weighted by molar-refractivity contribution is 5.78. The Morgan fingerprint density at radius 2 is 2.11 bits per heavy atom. The summed E-state index contributed by atoms with van der Waals surface area (Å²) in [4.78, 5) is 14.0. The van der Waals surface area contributed by atoms with E-state index in [0.717, 1.165) is 18.0 Å². The predicted octanol–water partition coefficient (Wildman–Crippen LogP) is 2.21. The van der Waals surface area contributed by atoms with E-state index >= 15 is 0 Å². The van der Waals surface area contributed by atoms with Crippen molar-refractivity contribution in [3.63, 3.8) is 0 Å². The average Bonchev–Trinajstić information content (AvgIpc) is 2.72. The third-order valence-electron chi connectivity index (χ3n) is 4.11. The summed E-state index contributed by atoms with van der Waals surface area (Å²) >= 11 is 0. The Bertz CT molecular complexity index is 418. The van der Waals surface area contributed by atoms with Crippen molar-refractivity contribution in [2.24, 2.45) is 5.92 Å². The van der Waals surface area contributed by atoms with Crippen LogP contribution in [0.15, 0.2) is 30.3 Å². The largest absolute Gasteiger partial charge is 0.367 e. The lowest BCUT2D eigenvalue weighted by Gasteiger charge is -2.44. The summed E-state index contributed by atoms with van der Waals surface area (Å²) in [5.74, 6) is 0.942. The zero-order valence-corrected chi connectivity index (χ0v) is 10.5. The summed E-state index contributed by atoms with van der Waals surface area (Å²) in [6, 6.07) is 10.5. The molecular weight excluding hydrogens is 226 g/mol. The Morgan fingerprint density at radius 3 is 2.89 bits per heavy atom. The van der Waals surface area contributed by atoms with Gasteiger partial charge >= 0.3 is 0 Å². The SMILES string of the molecule is O=C(COCc1ccccc1)N1C[C@@H]2CCC[C@@H]21. The molecule has 0 unspecified atom stereocenters. The minimum Gasteiger partial charge on any atom is -0.367 e. The van der Waals surface area contributed by atoms with Crippen LogP contribution in [0, 0.1) is 5.92 Å². The maximum absolute atomic E-state index is 12.0. The molecule has 3 heteroatoms. The van der Waals surface area contributed by atoms with Gasteiger partial charge in [-0.3, -0.25) is 4.79 Å². The van der Waals surface area contributed by atoms with Gasteiger partial charge in [-0.2, -0.15) is 0 Å². The van der Waals surface area contributed by atoms with Gasteiger partial charge in [0.25, 0.3) is 0 Å². The Hall–Kier alpha value is -1.35. The van der Waals surface area contributed by atoms with E-state index in [1.165, 1.54) is 19.3 Å². The number of benzene rings is 1. The van der Waals surface area contributed by atoms with Gasteiger partial charge in [0, 0.05) is 12.6 Å². The lowest BCUT2D eigenvalue weighted by Crippen LogP contribution is -2.56. The molecule has 1 aromatic rings. The van der Waals surface area contributed by atoms with Crippen LogP contribution in [0.2, 0.25) is 0 Å². The van der Waals surface area contributed by atoms with E-state index in [9.17, 15) is 4.79 Å². The maximum atomic E-state index is 12.0. The molecule has 0 radical (unpaired) electrons. The van der Waals surface area contributed by atoms with Crippen molar-refractivity contribution >= 4 is 5.91 Å². The lowest BCUT2D eigenvalue weighted by molar-refractivity contribution is -0.147. The maximum Gasteiger partial charge on any atom is 0.248 e. The number of nitrogens with zero attached hydrogens (tertiary/aromatic N) is 1. The third kappa shape index (κ3) is 2.27. The highest BCUT2D eigenvalue weighted by atomic mass is 16.5. The first-order valence-corrected chi connectivity index (χ1v) is 6.76. The molecule has 3 nitrogen and oxygen atoms in total. The van der Waals surface area contributed by atoms with E-state index in [1.807, 2.05) is 35.2 Å². The van der Waals surface area contributed by atoms with Crippen LogP contribution in [0.4, 0.5) is 0 Å². The van der Waals surface area contributed by atoms with Crippen molar-refractivity contribution in [2.45, 2.75) is 31.9 Å². The van der Waals surface area contributed by atoms with Gasteiger partial charge in [0.05, 0.1) is 6.61 Å². The summed E-state index contributed by atoms with van der Waals surface area (Å²) in [6.07, 6.45) is 3.78. The van der Waals surface area contributed by atoms with Crippen LogP contribution in [0.1, 0.15) is 24.8 Å². The number of fused-ring (bicyclic) bond motifs is 1. The summed E-state index contributed by atoms with van der Waals surface area (Å²) in [6.45, 7) is 1.70. The Labute approximate surface area is 108 Å². The monoisotopic (exact) mass is 245 g/mol. The van der Waals surface area contributed by atoms with E-state index in [2.05, 4.69) is 0 Å². The highest BCUT2D eigenvalue weighted by Gasteiger charge is 2.44. The van der Waals surface area contributed by atoms with Gasteiger partial charge in [-0.25, -0.2) is 0 Å². The predicted molar refractivity (Wildman–Crippen MR) is 68.9 cm³/mol. The molecule has 18 heavy (non-hydrogen) atoms. The molecule has 2 aliphatic rings. The molecule has 2 fully saturated rings. The minimum atomic E-state index is 0.161. The number of hydrogen-bond acceptors (Lipinski definition) is 2. The molecule has 1 heterocycles. The fourth-order valence-corrected chi connectivity index (χ4v) is 3.09. The molecule has 1 aromatic carbocycles. The van der Waals surface area contributed by atoms with Crippen molar-refractivity contribution < 1.29 is 9.53 Å². The first-order chi connectivity index (χ1) is 8.84. The lowest BCUT2D eigenvalue weighted by atomic mass is 9.92. The second-order valence-electron chi connectivity index (χ2n) is 5.28. The van der Waals surface area contributed by atoms with Crippen LogP contribution < -0.4 is 0 Å². The van der Waals surface area contributed by atoms with Gasteiger partial charge in [0.2, 0.25) is 5.91 Å². The topological polar surface area (TPSA) is 29.5 Å². The second kappa shape index (κ2) is 5.11. The Kier molecular flexibility index (Phi) is 3.33. The molecule has 3 rings (SSSR count). The standard InChI is InChI=1S/C15H19NO2/c17-15(16-9-13-7-4-8-14(13)16)11-18-10-12-5-2-1-3-6-12/h1-3,5-6,13-14H,4,7-11H2/t13-,14-/m0/s1. The van der Waals surface area contributed by atoms with Crippen LogP contribution >= 0.6 is 0 Å². The van der Waals surface area contributed by atoms with Gasteiger partial charge in [0.15, 0.2) is 0 Å². The van der Waals surface area contributed by atoms with Crippen LogP contribution in [-0.4, -0.2) is 30.0 Å². The van der Waals surface area contributed by atoms with Gasteiger partial charge in [0.1, 0.15) is 6.61 Å². The number of hydrogen-bond donors (Lipinski definition) is 0. The molecule has 1 amide bonds. The van der Waals surface area contributed by atoms with Crippen molar-refractivity contribution in [1.29, 1.82) is 0 Å². The van der Waals surface area contributed by atoms with Crippen LogP contribution in [0.5, 0.6) is 0 Å². The molecule has 0 N–H and O–H groups in total. The molecule has 1 aliphatic carbocycles. The smallest absolute Gasteiger partial charge is 0.248 e. The number of carbonyl (C=O) groups excluding carboxylic acids is 1. The van der Waals surface area contributed by atoms with Gasteiger partial charge < -0.3 is 9.64 Å². The summed E-state index contributed by atoms with van der Waals surface area (Å²) in [5, 5.41) is 0. The van der Waals surface area contributed by atoms with E-state index in [1.54, 1.807) is 0 Å². The fourth-order valence-electron chi connectivity index (χ4n) is 3.09. The normalized spacial score (nSPS) is 25.7. The first-order valence-electron chi connectivity index (χ1n) is 6.76. The number of likely N-dealkylation sites (tertiary alicyclic amines) is 1. The molecule has 1 saturated carbocycles. The summed E-state index contributed by atoms with van der Waals surface area (Å²) < 4.78 is 5.50. The van der Waals surface area contributed by atoms with E-state index in [4.69, 9.17) is 4.74 Å². The zero-order chi connectivity index (χ0) is 12.4. The Morgan fingerprint density at radius 1 is 1.28 bits per heavy atom. The summed E-state index contributed by atoms with van der Waals surface area (Å²) in [7, 11) is 0. The number of rotatable bonds is 4. The van der Waals surface area contributed by atoms with Gasteiger partial charge in [-0.05, 0) is 24.3 Å². The summed E-state index contributed by atoms with van der Waals surface area (Å²) in [5.41, 5.74) is 1.12. The van der Waals surface area contributed by atoms with Crippen LogP contribution in [-0.2, 0) is 16.1 Å². The van der Waals surface area contributed by atoms with Crippen molar-refractivity contribution in [1.82, 2.24) is 4.90 Å². The van der Waals surface area contributed by atoms with Crippen LogP contribution in [0.3, 0.4) is 0 Å². The molecule has 1 saturated heterocycles. The van der Waals surface area contributed by atoms with Crippen LogP contribution in [0.25, 0.3) is 0 Å². The molecule has 0 bridgehead atoms. The second-order valence-corrected chi connectivity index (χ2v) is 5.28. The third-order valence-corrected chi connectivity index (χ3v) is 4.11. The minimum absolute atomic E-state index is 0.161. The quantitative estimate of drug-likeness (QED) is 0.814. The number of amides is 1. The molecule has 1 aliphatic heterocycles. The van der Waals surface area contributed by atoms with Crippen molar-refractivity contribution in [3.05, 3.63) is 35.9 Å². The molecular formula is C15H19NO2. The number of ether oxygens (including phenoxy) is 1. The Balaban J connectivity index is 1.42. The van der Waals surface area contributed by atoms with Gasteiger partial charge in [-0.1, -0.05) is 36.8 Å². The van der Waals surface area contributed by atoms with E-state index in [0.29, 0.717) is 12.6 Å². The highest BCUT2D eigenvalue weighted by Crippen LogP contribution is 2.38. The zero-order valence-electron chi connectivity index (χ0n) is 10.5. The van der Waals surface area contributed by atoms with Crippen molar-refractivity contribution in [2.75, 3.05) is 13.2 Å². The fraction of sp³-hybridized carbons (Fsp3) is 0.533. The molecule has 96 valence electrons. The number of carbonyl (C=O) groups is 1. The molecule has 0 aromatic heterocycles. The first kappa shape index (κ1) is 11.7. The van der Waals surface area contributed by atoms with E-state index < -0.39 is 0 Å². The molecule has 2 atom stereocenters. The van der Waals surface area contributed by atoms with Gasteiger partial charge in [-0.15, -0.1) is 0 Å². The average molecular weight is 245 g/mol. The molecule has 0 spiro atoms. The van der Waals surface area contributed by atoms with Crippen molar-refractivity contribution in [3.8, 4) is 0 Å².